The Balaban J connectivity index is 1.40. The lowest BCUT2D eigenvalue weighted by atomic mass is 9.98. The van der Waals surface area contributed by atoms with Crippen molar-refractivity contribution in [3.05, 3.63) is 170 Å². The number of fused-ring (bicyclic) bond motifs is 6. The lowest BCUT2D eigenvalue weighted by molar-refractivity contribution is 1.07. The molecule has 0 aliphatic rings. The number of rotatable bonds is 5. The summed E-state index contributed by atoms with van der Waals surface area (Å²) >= 11 is 0.945. The highest BCUT2D eigenvalue weighted by Crippen LogP contribution is 2.44. The van der Waals surface area contributed by atoms with E-state index in [1.54, 1.807) is 18.2 Å². The van der Waals surface area contributed by atoms with Crippen LogP contribution in [0.25, 0.3) is 93.0 Å². The van der Waals surface area contributed by atoms with E-state index in [1.165, 1.54) is 16.7 Å². The summed E-state index contributed by atoms with van der Waals surface area (Å²) < 4.78 is 118. The lowest BCUT2D eigenvalue weighted by Gasteiger charge is -2.17. The van der Waals surface area contributed by atoms with E-state index in [0.717, 1.165) is 11.3 Å². The molecule has 0 radical (unpaired) electrons. The monoisotopic (exact) mass is 669 g/mol. The standard InChI is InChI=1S/C45H28N4S/c1-3-14-29(15-4-1)43-46-44(30-16-5-2-6-17-30)48-45(47-43)31-26-27-40(49-38-23-10-7-18-32(38)33-19-8-11-24-39(33)49)37(28-31)36-22-13-21-35-34-20-9-12-25-41(34)50-42(35)36/h1-28H/i7D,8D,9D,12D,13D,18D,19D,20D,21D,22D,23D,24D,25D. The van der Waals surface area contributed by atoms with Crippen LogP contribution in [-0.4, -0.2) is 19.5 Å². The van der Waals surface area contributed by atoms with Gasteiger partial charge in [-0.05, 0) is 36.3 Å². The van der Waals surface area contributed by atoms with E-state index < -0.39 is 36.3 Å². The third kappa shape index (κ3) is 4.63. The van der Waals surface area contributed by atoms with Crippen LogP contribution in [0, 0.1) is 0 Å². The Labute approximate surface area is 310 Å². The minimum absolute atomic E-state index is 0.00652. The summed E-state index contributed by atoms with van der Waals surface area (Å²) in [5, 5.41) is 0.0776. The van der Waals surface area contributed by atoms with Gasteiger partial charge in [0.2, 0.25) is 0 Å². The maximum atomic E-state index is 9.54. The second kappa shape index (κ2) is 11.6. The van der Waals surface area contributed by atoms with Crippen LogP contribution in [0.15, 0.2) is 170 Å². The van der Waals surface area contributed by atoms with Crippen molar-refractivity contribution in [3.8, 4) is 51.0 Å². The van der Waals surface area contributed by atoms with Crippen molar-refractivity contribution in [2.45, 2.75) is 0 Å². The summed E-state index contributed by atoms with van der Waals surface area (Å²) in [6.07, 6.45) is 0. The van der Waals surface area contributed by atoms with Gasteiger partial charge in [-0.3, -0.25) is 0 Å². The van der Waals surface area contributed by atoms with Crippen LogP contribution in [0.1, 0.15) is 17.8 Å². The van der Waals surface area contributed by atoms with Crippen LogP contribution in [0.3, 0.4) is 0 Å². The predicted octanol–water partition coefficient (Wildman–Crippen LogP) is 12.0. The number of aromatic nitrogens is 4. The van der Waals surface area contributed by atoms with Crippen LogP contribution in [0.4, 0.5) is 0 Å². The van der Waals surface area contributed by atoms with Gasteiger partial charge in [0.05, 0.1) is 34.5 Å². The summed E-state index contributed by atoms with van der Waals surface area (Å²) in [5.41, 5.74) is 2.34. The third-order valence-electron chi connectivity index (χ3n) is 8.53. The van der Waals surface area contributed by atoms with E-state index in [0.29, 0.717) is 28.3 Å². The molecule has 0 aliphatic carbocycles. The first-order valence-corrected chi connectivity index (χ1v) is 16.5. The number of hydrogen-bond donors (Lipinski definition) is 0. The zero-order valence-electron chi connectivity index (χ0n) is 38.9. The fraction of sp³-hybridized carbons (Fsp3) is 0. The van der Waals surface area contributed by atoms with Gasteiger partial charge in [0.1, 0.15) is 0 Å². The second-order valence-electron chi connectivity index (χ2n) is 11.4. The molecule has 0 spiro atoms. The molecule has 3 heterocycles. The van der Waals surface area contributed by atoms with Gasteiger partial charge in [-0.2, -0.15) is 0 Å². The van der Waals surface area contributed by atoms with Gasteiger partial charge < -0.3 is 4.57 Å². The molecule has 0 aliphatic heterocycles. The van der Waals surface area contributed by atoms with Crippen molar-refractivity contribution in [1.29, 1.82) is 0 Å². The molecular formula is C45H28N4S. The average molecular weight is 670 g/mol. The van der Waals surface area contributed by atoms with Crippen molar-refractivity contribution in [1.82, 2.24) is 19.5 Å². The molecule has 234 valence electrons. The first-order chi connectivity index (χ1) is 30.2. The third-order valence-corrected chi connectivity index (χ3v) is 9.65. The normalized spacial score (nSPS) is 15.2. The zero-order chi connectivity index (χ0) is 44.3. The quantitative estimate of drug-likeness (QED) is 0.183. The molecule has 7 aromatic carbocycles. The SMILES string of the molecule is [2H]c1cc([2H])c2c(c1[2H])c1c([2H])c([2H])cc([2H])c1n2-c1ccc(-c2nc(-c3ccccc3)nc(-c3ccccc3)n2)cc1-c1c([2H])c([2H])c([2H])c2c1sc1c([2H])c([2H])c([2H])c([2H])c12. The highest BCUT2D eigenvalue weighted by molar-refractivity contribution is 7.26. The molecule has 3 aromatic heterocycles. The molecule has 50 heavy (non-hydrogen) atoms. The highest BCUT2D eigenvalue weighted by Gasteiger charge is 2.20. The van der Waals surface area contributed by atoms with Crippen LogP contribution >= 0.6 is 11.3 Å². The molecule has 10 rings (SSSR count). The van der Waals surface area contributed by atoms with Gasteiger partial charge in [0, 0.05) is 58.8 Å². The summed E-state index contributed by atoms with van der Waals surface area (Å²) in [7, 11) is 0. The Morgan fingerprint density at radius 2 is 1.04 bits per heavy atom. The number of thiophene rings is 1. The largest absolute Gasteiger partial charge is 0.309 e. The molecule has 0 fully saturated rings. The van der Waals surface area contributed by atoms with Crippen molar-refractivity contribution >= 4 is 53.3 Å². The van der Waals surface area contributed by atoms with Crippen molar-refractivity contribution < 1.29 is 17.8 Å². The Morgan fingerprint density at radius 3 is 1.70 bits per heavy atom. The maximum Gasteiger partial charge on any atom is 0.164 e. The van der Waals surface area contributed by atoms with Crippen molar-refractivity contribution in [2.24, 2.45) is 0 Å². The van der Waals surface area contributed by atoms with Crippen molar-refractivity contribution in [2.75, 3.05) is 0 Å². The van der Waals surface area contributed by atoms with Gasteiger partial charge >= 0.3 is 0 Å². The number of nitrogens with zero attached hydrogens (tertiary/aromatic N) is 4. The molecule has 0 saturated carbocycles. The maximum absolute atomic E-state index is 9.54. The molecule has 0 bridgehead atoms. The summed E-state index contributed by atoms with van der Waals surface area (Å²) in [6.45, 7) is 0. The van der Waals surface area contributed by atoms with E-state index >= 15 is 0 Å². The Hall–Kier alpha value is -6.43. The van der Waals surface area contributed by atoms with Gasteiger partial charge in [-0.1, -0.05) is 133 Å². The summed E-state index contributed by atoms with van der Waals surface area (Å²) in [6, 6.07) is 21.2. The van der Waals surface area contributed by atoms with Gasteiger partial charge in [-0.25, -0.2) is 15.0 Å². The Bertz CT molecular complexity index is 3480. The molecule has 10 aromatic rings. The van der Waals surface area contributed by atoms with Gasteiger partial charge in [0.25, 0.3) is 0 Å². The molecule has 0 amide bonds. The zero-order valence-corrected chi connectivity index (χ0v) is 26.7. The van der Waals surface area contributed by atoms with E-state index in [1.807, 2.05) is 60.7 Å². The fourth-order valence-electron chi connectivity index (χ4n) is 6.28. The van der Waals surface area contributed by atoms with E-state index in [-0.39, 0.29) is 107 Å². The molecule has 0 atom stereocenters. The van der Waals surface area contributed by atoms with Crippen LogP contribution in [0.2, 0.25) is 0 Å². The Kier molecular flexibility index (Phi) is 4.27. The van der Waals surface area contributed by atoms with E-state index in [4.69, 9.17) is 28.7 Å². The number of benzene rings is 7. The van der Waals surface area contributed by atoms with E-state index in [2.05, 4.69) is 0 Å². The molecule has 0 unspecified atom stereocenters. The highest BCUT2D eigenvalue weighted by atomic mass is 32.1. The number of hydrogen-bond acceptors (Lipinski definition) is 4. The molecule has 5 heteroatoms. The molecule has 4 nitrogen and oxygen atoms in total. The first kappa shape index (κ1) is 18.4. The van der Waals surface area contributed by atoms with E-state index in [9.17, 15) is 4.11 Å². The predicted molar refractivity (Wildman–Crippen MR) is 209 cm³/mol. The lowest BCUT2D eigenvalue weighted by Crippen LogP contribution is -2.02. The van der Waals surface area contributed by atoms with Gasteiger partial charge in [-0.15, -0.1) is 11.3 Å². The summed E-state index contributed by atoms with van der Waals surface area (Å²) in [5.74, 6) is 0.926. The molecule has 0 saturated heterocycles. The average Bonchev–Trinajstić information content (AvgIpc) is 3.87. The van der Waals surface area contributed by atoms with Crippen LogP contribution < -0.4 is 0 Å². The molecular weight excluding hydrogens is 629 g/mol. The molecule has 0 N–H and O–H groups in total. The fourth-order valence-corrected chi connectivity index (χ4v) is 7.36. The minimum Gasteiger partial charge on any atom is -0.309 e. The summed E-state index contributed by atoms with van der Waals surface area (Å²) in [4.78, 5) is 14.6. The second-order valence-corrected chi connectivity index (χ2v) is 12.4. The van der Waals surface area contributed by atoms with Crippen LogP contribution in [0.5, 0.6) is 0 Å². The Morgan fingerprint density at radius 1 is 0.460 bits per heavy atom. The van der Waals surface area contributed by atoms with Crippen LogP contribution in [-0.2, 0) is 0 Å². The minimum atomic E-state index is -0.525. The van der Waals surface area contributed by atoms with Crippen molar-refractivity contribution in [3.63, 3.8) is 0 Å². The smallest absolute Gasteiger partial charge is 0.164 e. The first-order valence-electron chi connectivity index (χ1n) is 22.1. The number of para-hydroxylation sites is 2. The van der Waals surface area contributed by atoms with Gasteiger partial charge in [0.15, 0.2) is 17.5 Å². The topological polar surface area (TPSA) is 43.6 Å².